The van der Waals surface area contributed by atoms with E-state index in [1.165, 1.54) is 43.3 Å². The van der Waals surface area contributed by atoms with Crippen LogP contribution in [0.1, 0.15) is 91.6 Å². The van der Waals surface area contributed by atoms with Gasteiger partial charge >= 0.3 is 0 Å². The number of hydrogen-bond donors (Lipinski definition) is 0. The normalized spacial score (nSPS) is 11.2. The highest BCUT2D eigenvalue weighted by Gasteiger charge is 2.30. The summed E-state index contributed by atoms with van der Waals surface area (Å²) in [7, 11) is 3.33. The molecule has 19 nitrogen and oxygen atoms in total. The van der Waals surface area contributed by atoms with Crippen LogP contribution in [-0.4, -0.2) is 53.5 Å². The van der Waals surface area contributed by atoms with E-state index in [0.717, 1.165) is 44.5 Å². The number of rotatable bonds is 12. The summed E-state index contributed by atoms with van der Waals surface area (Å²) in [5.41, 5.74) is 4.43. The monoisotopic (exact) mass is 1610 g/mol. The Labute approximate surface area is 694 Å². The molecule has 0 N–H and O–H groups in total. The lowest BCUT2D eigenvalue weighted by atomic mass is 9.87. The highest BCUT2D eigenvalue weighted by atomic mass is 19.1. The number of benzene rings is 12. The van der Waals surface area contributed by atoms with Gasteiger partial charge in [0.1, 0.15) is 152 Å². The Morgan fingerprint density at radius 1 is 0.314 bits per heavy atom. The average Bonchev–Trinajstić information content (AvgIpc) is 0.751. The predicted molar refractivity (Wildman–Crippen MR) is 439 cm³/mol. The zero-order chi connectivity index (χ0) is 86.9. The van der Waals surface area contributed by atoms with Gasteiger partial charge in [0.25, 0.3) is 0 Å². The van der Waals surface area contributed by atoms with Crippen LogP contribution in [0.2, 0.25) is 0 Å². The molecule has 0 aromatic heterocycles. The SMILES string of the molecule is CN(C)c1c(C#N)ccc(F)c1C#N.Cc1cc(C#N)c(Oc2ccccc2)c(C#N)c1F.N#Cc1c(F)c(-c2ccccc2)c(-c2ccccc2)c(C#N)c1Oc1ccccc1.N#Cc1cc(-c2ccccc2)c(F)c(C#N)c1Oc1ccccc1.N#Cc1ccc(F)c(C#N)c1N1CCCCC1.N#Cc1ccc(F)c(C#N)c1N1CCOCC1. The third-order valence-electron chi connectivity index (χ3n) is 18.3. The molecular weight excluding hydrogens is 1540 g/mol. The molecule has 0 atom stereocenters. The van der Waals surface area contributed by atoms with E-state index in [1.54, 1.807) is 171 Å². The molecule has 14 rings (SSSR count). The summed E-state index contributed by atoms with van der Waals surface area (Å²) in [4.78, 5) is 5.33. The highest BCUT2D eigenvalue weighted by Crippen LogP contribution is 2.46. The topological polar surface area (TPSA) is 332 Å². The highest BCUT2D eigenvalue weighted by molar-refractivity contribution is 5.91. The lowest BCUT2D eigenvalue weighted by molar-refractivity contribution is 0.122. The van der Waals surface area contributed by atoms with E-state index in [1.807, 2.05) is 107 Å². The Bertz CT molecular complexity index is 6220. The van der Waals surface area contributed by atoms with Gasteiger partial charge < -0.3 is 33.6 Å². The van der Waals surface area contributed by atoms with Gasteiger partial charge in [0, 0.05) is 57.0 Å². The number of para-hydroxylation sites is 3. The van der Waals surface area contributed by atoms with Crippen LogP contribution in [0.15, 0.2) is 231 Å². The van der Waals surface area contributed by atoms with Gasteiger partial charge in [-0.2, -0.15) is 63.1 Å². The Kier molecular flexibility index (Phi) is 31.5. The third kappa shape index (κ3) is 21.3. The molecule has 0 saturated carbocycles. The van der Waals surface area contributed by atoms with E-state index in [2.05, 4.69) is 6.07 Å². The lowest BCUT2D eigenvalue weighted by Crippen LogP contribution is -2.37. The molecule has 0 spiro atoms. The van der Waals surface area contributed by atoms with Crippen molar-refractivity contribution in [2.75, 3.05) is 68.2 Å². The van der Waals surface area contributed by atoms with Crippen LogP contribution in [0.4, 0.5) is 43.4 Å². The Morgan fingerprint density at radius 3 is 1.05 bits per heavy atom. The lowest BCUT2D eigenvalue weighted by Gasteiger charge is -2.30. The summed E-state index contributed by atoms with van der Waals surface area (Å²) >= 11 is 0. The number of morpholine rings is 1. The maximum atomic E-state index is 15.8. The number of halogens is 6. The van der Waals surface area contributed by atoms with Crippen LogP contribution < -0.4 is 28.9 Å². The number of anilines is 3. The van der Waals surface area contributed by atoms with Gasteiger partial charge in [-0.05, 0) is 133 Å². The molecule has 590 valence electrons. The van der Waals surface area contributed by atoms with Gasteiger partial charge in [0.2, 0.25) is 0 Å². The van der Waals surface area contributed by atoms with E-state index in [-0.39, 0.29) is 84.0 Å². The standard InChI is InChI=1S/C26H15FN2O.C20H11FN2O.C15H9FN2O.C13H12FN3.C12H10FN3O.C10H8FN3/c27-25-22(17-29)26(30-20-14-8-3-9-15-20)21(16-28)23(18-10-4-1-5-11-18)24(25)19-12-6-2-7-13-19;21-19-17(14-7-3-1-4-8-14)11-15(12-22)20(18(19)13-23)24-16-9-5-2-6-10-16;1-10-7-11(8-17)15(13(9-18)14(10)16)19-12-5-3-2-4-6-12;14-12-5-4-10(8-15)13(11(12)9-16)17-6-2-1-3-7-17;13-11-2-1-9(7-14)12(10(11)8-15)16-3-5-17-6-4-16;1-14(2)10-7(5-12)3-4-9(11)8(10)6-13/h1-15H;1-11H;2-7H,1H3;4-5H,1-3,6-7H2;1-2H,3-6H2;3-4H,1-2H3. The van der Waals surface area contributed by atoms with Gasteiger partial charge in [-0.15, -0.1) is 0 Å². The maximum absolute atomic E-state index is 15.8. The molecule has 0 radical (unpaired) electrons. The minimum absolute atomic E-state index is 0.00838. The molecule has 0 amide bonds. The van der Waals surface area contributed by atoms with Crippen molar-refractivity contribution >= 4 is 17.1 Å². The Morgan fingerprint density at radius 2 is 0.653 bits per heavy atom. The van der Waals surface area contributed by atoms with Crippen molar-refractivity contribution in [1.29, 1.82) is 63.1 Å². The molecule has 0 aliphatic carbocycles. The minimum Gasteiger partial charge on any atom is -0.454 e. The molecule has 2 heterocycles. The van der Waals surface area contributed by atoms with Gasteiger partial charge in [-0.3, -0.25) is 0 Å². The van der Waals surface area contributed by atoms with E-state index >= 15 is 4.39 Å². The molecule has 2 saturated heterocycles. The van der Waals surface area contributed by atoms with Gasteiger partial charge in [0.05, 0.1) is 58.1 Å². The zero-order valence-corrected chi connectivity index (χ0v) is 64.9. The maximum Gasteiger partial charge on any atom is 0.166 e. The van der Waals surface area contributed by atoms with Crippen LogP contribution in [0.25, 0.3) is 33.4 Å². The summed E-state index contributed by atoms with van der Waals surface area (Å²) < 4.78 is 107. The molecule has 2 fully saturated rings. The van der Waals surface area contributed by atoms with Crippen molar-refractivity contribution < 1.29 is 45.3 Å². The fourth-order valence-electron chi connectivity index (χ4n) is 12.7. The first-order chi connectivity index (χ1) is 58.8. The predicted octanol–water partition coefficient (Wildman–Crippen LogP) is 21.0. The number of ether oxygens (including phenoxy) is 4. The molecule has 121 heavy (non-hydrogen) atoms. The number of aryl methyl sites for hydroxylation is 1. The number of piperidine rings is 1. The third-order valence-corrected chi connectivity index (χ3v) is 18.3. The number of nitriles is 12. The summed E-state index contributed by atoms with van der Waals surface area (Å²) in [5, 5.41) is 110. The minimum atomic E-state index is -0.715. The fraction of sp³-hybridized carbons (Fsp3) is 0.125. The van der Waals surface area contributed by atoms with Crippen molar-refractivity contribution in [3.8, 4) is 141 Å². The van der Waals surface area contributed by atoms with Crippen molar-refractivity contribution in [2.45, 2.75) is 26.2 Å². The Hall–Kier alpha value is -17.1. The summed E-state index contributed by atoms with van der Waals surface area (Å²) in [5.74, 6) is -2.72. The molecule has 0 unspecified atom stereocenters. The first-order valence-electron chi connectivity index (χ1n) is 36.8. The summed E-state index contributed by atoms with van der Waals surface area (Å²) in [6.45, 7) is 5.24. The van der Waals surface area contributed by atoms with Crippen molar-refractivity contribution in [3.05, 3.63) is 338 Å². The molecule has 2 aliphatic heterocycles. The first kappa shape index (κ1) is 87.8. The van der Waals surface area contributed by atoms with E-state index in [0.29, 0.717) is 99.6 Å². The molecule has 0 bridgehead atoms. The fourth-order valence-corrected chi connectivity index (χ4v) is 12.7. The number of nitrogens with zero attached hydrogens (tertiary/aromatic N) is 15. The largest absolute Gasteiger partial charge is 0.454 e. The zero-order valence-electron chi connectivity index (χ0n) is 64.9. The molecule has 12 aromatic carbocycles. The van der Waals surface area contributed by atoms with E-state index in [9.17, 15) is 43.0 Å². The molecule has 12 aromatic rings. The van der Waals surface area contributed by atoms with Crippen LogP contribution in [-0.2, 0) is 4.74 Å². The second kappa shape index (κ2) is 43.4. The first-order valence-corrected chi connectivity index (χ1v) is 36.8. The quantitative estimate of drug-likeness (QED) is 0.103. The second-order valence-electron chi connectivity index (χ2n) is 26.1. The number of hydrogen-bond acceptors (Lipinski definition) is 19. The van der Waals surface area contributed by atoms with Crippen molar-refractivity contribution in [1.82, 2.24) is 0 Å². The molecule has 25 heteroatoms. The van der Waals surface area contributed by atoms with Gasteiger partial charge in [-0.25, -0.2) is 26.3 Å². The van der Waals surface area contributed by atoms with Crippen LogP contribution in [0.3, 0.4) is 0 Å². The summed E-state index contributed by atoms with van der Waals surface area (Å²) in [6, 6.07) is 86.2. The van der Waals surface area contributed by atoms with E-state index in [4.69, 9.17) is 61.0 Å². The smallest absolute Gasteiger partial charge is 0.166 e. The molecular formula is C96H65F6N15O4. The van der Waals surface area contributed by atoms with E-state index < -0.39 is 34.9 Å². The van der Waals surface area contributed by atoms with Crippen LogP contribution in [0.5, 0.6) is 34.5 Å². The van der Waals surface area contributed by atoms with Gasteiger partial charge in [-0.1, -0.05) is 146 Å². The molecule has 2 aliphatic rings. The van der Waals surface area contributed by atoms with Crippen molar-refractivity contribution in [3.63, 3.8) is 0 Å². The second-order valence-corrected chi connectivity index (χ2v) is 26.1. The van der Waals surface area contributed by atoms with Crippen LogP contribution >= 0.6 is 0 Å². The Balaban J connectivity index is 0.000000168. The van der Waals surface area contributed by atoms with Crippen molar-refractivity contribution in [2.24, 2.45) is 0 Å². The van der Waals surface area contributed by atoms with Gasteiger partial charge in [0.15, 0.2) is 28.9 Å². The summed E-state index contributed by atoms with van der Waals surface area (Å²) in [6.07, 6.45) is 3.19. The average molecular weight is 1610 g/mol. The van der Waals surface area contributed by atoms with Crippen LogP contribution in [0, 0.1) is 178 Å².